The Morgan fingerprint density at radius 3 is 2.89 bits per heavy atom. The zero-order valence-corrected chi connectivity index (χ0v) is 10.8. The van der Waals surface area contributed by atoms with Crippen LogP contribution >= 0.6 is 0 Å². The predicted molar refractivity (Wildman–Crippen MR) is 75.9 cm³/mol. The Hall–Kier alpha value is -1.36. The molecule has 1 N–H and O–H groups in total. The molecule has 0 amide bonds. The first kappa shape index (κ1) is 12.7. The summed E-state index contributed by atoms with van der Waals surface area (Å²) in [6, 6.07) is 14.6. The minimum Gasteiger partial charge on any atom is -0.427 e. The fraction of sp³-hybridized carbons (Fsp3) is 0.333. The second-order valence-corrected chi connectivity index (χ2v) is 4.94. The standard InChI is InChI=1S/C15H17BO3/c17-16-9-8-14(19-16)11-18-10-13-6-3-5-12-4-1-2-7-15(12)13/h1-7,14,17H,8-11H2. The third-order valence-corrected chi connectivity index (χ3v) is 3.53. The number of ether oxygens (including phenoxy) is 1. The van der Waals surface area contributed by atoms with E-state index >= 15 is 0 Å². The Kier molecular flexibility index (Phi) is 3.83. The summed E-state index contributed by atoms with van der Waals surface area (Å²) in [5, 5.41) is 11.7. The minimum atomic E-state index is -0.605. The third kappa shape index (κ3) is 2.97. The van der Waals surface area contributed by atoms with Gasteiger partial charge in [-0.1, -0.05) is 42.5 Å². The van der Waals surface area contributed by atoms with Gasteiger partial charge < -0.3 is 14.4 Å². The van der Waals surface area contributed by atoms with Crippen molar-refractivity contribution in [1.82, 2.24) is 0 Å². The molecule has 1 heterocycles. The van der Waals surface area contributed by atoms with Gasteiger partial charge in [-0.3, -0.25) is 0 Å². The van der Waals surface area contributed by atoms with Gasteiger partial charge in [-0.15, -0.1) is 0 Å². The molecule has 0 bridgehead atoms. The van der Waals surface area contributed by atoms with Crippen molar-refractivity contribution in [1.29, 1.82) is 0 Å². The van der Waals surface area contributed by atoms with Crippen LogP contribution in [0.5, 0.6) is 0 Å². The van der Waals surface area contributed by atoms with Crippen LogP contribution < -0.4 is 0 Å². The van der Waals surface area contributed by atoms with Gasteiger partial charge in [-0.25, -0.2) is 0 Å². The van der Waals surface area contributed by atoms with E-state index in [1.54, 1.807) is 0 Å². The van der Waals surface area contributed by atoms with Crippen LogP contribution in [0.2, 0.25) is 6.32 Å². The van der Waals surface area contributed by atoms with E-state index in [4.69, 9.17) is 9.39 Å². The SMILES string of the molecule is OB1CCC(COCc2cccc3ccccc23)O1. The molecule has 1 fully saturated rings. The van der Waals surface area contributed by atoms with E-state index in [-0.39, 0.29) is 6.10 Å². The molecule has 2 aromatic rings. The van der Waals surface area contributed by atoms with Gasteiger partial charge in [0.1, 0.15) is 0 Å². The van der Waals surface area contributed by atoms with Crippen LogP contribution in [0.1, 0.15) is 12.0 Å². The molecule has 1 aliphatic heterocycles. The molecule has 1 unspecified atom stereocenters. The summed E-state index contributed by atoms with van der Waals surface area (Å²) in [5.74, 6) is 0. The topological polar surface area (TPSA) is 38.7 Å². The van der Waals surface area contributed by atoms with E-state index in [2.05, 4.69) is 30.3 Å². The Morgan fingerprint density at radius 1 is 1.21 bits per heavy atom. The molecule has 0 aromatic heterocycles. The third-order valence-electron chi connectivity index (χ3n) is 3.53. The van der Waals surface area contributed by atoms with Gasteiger partial charge in [0.25, 0.3) is 0 Å². The van der Waals surface area contributed by atoms with E-state index in [0.29, 0.717) is 19.5 Å². The van der Waals surface area contributed by atoms with Gasteiger partial charge >= 0.3 is 7.12 Å². The molecule has 0 spiro atoms. The van der Waals surface area contributed by atoms with Gasteiger partial charge in [0.05, 0.1) is 19.3 Å². The highest BCUT2D eigenvalue weighted by Gasteiger charge is 2.27. The lowest BCUT2D eigenvalue weighted by Gasteiger charge is -2.12. The maximum atomic E-state index is 9.28. The maximum absolute atomic E-state index is 9.28. The van der Waals surface area contributed by atoms with Crippen LogP contribution in [0.4, 0.5) is 0 Å². The van der Waals surface area contributed by atoms with Crippen molar-refractivity contribution in [2.75, 3.05) is 6.61 Å². The molecule has 1 saturated heterocycles. The Labute approximate surface area is 113 Å². The monoisotopic (exact) mass is 256 g/mol. The van der Waals surface area contributed by atoms with Crippen LogP contribution in [0.15, 0.2) is 42.5 Å². The van der Waals surface area contributed by atoms with E-state index in [0.717, 1.165) is 6.42 Å². The molecule has 19 heavy (non-hydrogen) atoms. The molecule has 1 atom stereocenters. The fourth-order valence-corrected chi connectivity index (χ4v) is 2.53. The molecule has 0 radical (unpaired) electrons. The van der Waals surface area contributed by atoms with Crippen molar-refractivity contribution in [3.05, 3.63) is 48.0 Å². The smallest absolute Gasteiger partial charge is 0.427 e. The number of fused-ring (bicyclic) bond motifs is 1. The van der Waals surface area contributed by atoms with Crippen molar-refractivity contribution < 1.29 is 14.4 Å². The molecular weight excluding hydrogens is 239 g/mol. The second-order valence-electron chi connectivity index (χ2n) is 4.94. The van der Waals surface area contributed by atoms with Crippen molar-refractivity contribution in [2.24, 2.45) is 0 Å². The quantitative estimate of drug-likeness (QED) is 0.854. The van der Waals surface area contributed by atoms with Gasteiger partial charge in [0.15, 0.2) is 0 Å². The van der Waals surface area contributed by atoms with Crippen LogP contribution in [-0.2, 0) is 16.0 Å². The molecule has 3 rings (SSSR count). The van der Waals surface area contributed by atoms with Crippen molar-refractivity contribution in [3.8, 4) is 0 Å². The predicted octanol–water partition coefficient (Wildman–Crippen LogP) is 2.63. The molecule has 0 saturated carbocycles. The fourth-order valence-electron chi connectivity index (χ4n) is 2.53. The highest BCUT2D eigenvalue weighted by Crippen LogP contribution is 2.20. The molecule has 3 nitrogen and oxygen atoms in total. The van der Waals surface area contributed by atoms with E-state index < -0.39 is 7.12 Å². The van der Waals surface area contributed by atoms with Crippen LogP contribution in [0.25, 0.3) is 10.8 Å². The van der Waals surface area contributed by atoms with Crippen molar-refractivity contribution >= 4 is 17.9 Å². The van der Waals surface area contributed by atoms with Gasteiger partial charge in [0, 0.05) is 0 Å². The van der Waals surface area contributed by atoms with Crippen molar-refractivity contribution in [2.45, 2.75) is 25.5 Å². The Balaban J connectivity index is 1.62. The highest BCUT2D eigenvalue weighted by atomic mass is 16.6. The number of hydrogen-bond acceptors (Lipinski definition) is 3. The zero-order valence-electron chi connectivity index (χ0n) is 10.8. The number of hydrogen-bond donors (Lipinski definition) is 1. The summed E-state index contributed by atoms with van der Waals surface area (Å²) >= 11 is 0. The molecule has 4 heteroatoms. The van der Waals surface area contributed by atoms with Crippen LogP contribution in [0.3, 0.4) is 0 Å². The first-order valence-electron chi connectivity index (χ1n) is 6.71. The van der Waals surface area contributed by atoms with Gasteiger partial charge in [0.2, 0.25) is 0 Å². The maximum Gasteiger partial charge on any atom is 0.454 e. The van der Waals surface area contributed by atoms with Crippen LogP contribution in [0, 0.1) is 0 Å². The summed E-state index contributed by atoms with van der Waals surface area (Å²) in [4.78, 5) is 0. The lowest BCUT2D eigenvalue weighted by atomic mass is 9.87. The van der Waals surface area contributed by atoms with Crippen molar-refractivity contribution in [3.63, 3.8) is 0 Å². The summed E-state index contributed by atoms with van der Waals surface area (Å²) in [7, 11) is -0.605. The molecule has 0 aliphatic carbocycles. The molecule has 98 valence electrons. The lowest BCUT2D eigenvalue weighted by Crippen LogP contribution is -2.19. The first-order chi connectivity index (χ1) is 9.33. The lowest BCUT2D eigenvalue weighted by molar-refractivity contribution is 0.0440. The highest BCUT2D eigenvalue weighted by molar-refractivity contribution is 6.43. The zero-order chi connectivity index (χ0) is 13.1. The first-order valence-corrected chi connectivity index (χ1v) is 6.71. The normalized spacial score (nSPS) is 19.2. The van der Waals surface area contributed by atoms with Crippen LogP contribution in [-0.4, -0.2) is 24.9 Å². The number of rotatable bonds is 4. The summed E-state index contributed by atoms with van der Waals surface area (Å²) in [6.45, 7) is 1.12. The van der Waals surface area contributed by atoms with E-state index in [9.17, 15) is 5.02 Å². The summed E-state index contributed by atoms with van der Waals surface area (Å²) in [5.41, 5.74) is 1.19. The molecular formula is C15H17BO3. The summed E-state index contributed by atoms with van der Waals surface area (Å²) < 4.78 is 11.0. The second kappa shape index (κ2) is 5.74. The van der Waals surface area contributed by atoms with E-state index in [1.165, 1.54) is 16.3 Å². The van der Waals surface area contributed by atoms with E-state index in [1.807, 2.05) is 12.1 Å². The average Bonchev–Trinajstić information content (AvgIpc) is 2.85. The largest absolute Gasteiger partial charge is 0.454 e. The average molecular weight is 256 g/mol. The Bertz CT molecular complexity index is 553. The Morgan fingerprint density at radius 2 is 2.05 bits per heavy atom. The van der Waals surface area contributed by atoms with Gasteiger partial charge in [-0.2, -0.15) is 0 Å². The summed E-state index contributed by atoms with van der Waals surface area (Å²) in [6.07, 6.45) is 1.61. The number of benzene rings is 2. The molecule has 1 aliphatic rings. The molecule has 2 aromatic carbocycles. The van der Waals surface area contributed by atoms with Gasteiger partial charge in [-0.05, 0) is 29.1 Å². The minimum absolute atomic E-state index is 0.0324.